The van der Waals surface area contributed by atoms with Crippen molar-refractivity contribution in [1.29, 1.82) is 0 Å². The van der Waals surface area contributed by atoms with E-state index < -0.39 is 28.5 Å². The van der Waals surface area contributed by atoms with Crippen LogP contribution in [0, 0.1) is 0 Å². The molecule has 41 heavy (non-hydrogen) atoms. The number of ether oxygens (including phenoxy) is 2. The fourth-order valence-corrected chi connectivity index (χ4v) is 5.74. The maximum absolute atomic E-state index is 14.2. The second kappa shape index (κ2) is 13.7. The Labute approximate surface area is 246 Å². The maximum atomic E-state index is 14.2. The Hall–Kier alpha value is -3.76. The number of carbonyl (C=O) groups excluding carboxylic acids is 2. The lowest BCUT2D eigenvalue weighted by Crippen LogP contribution is -2.53. The summed E-state index contributed by atoms with van der Waals surface area (Å²) in [6.45, 7) is 3.41. The number of fused-ring (bicyclic) bond motifs is 1. The topological polar surface area (TPSA) is 105 Å². The van der Waals surface area contributed by atoms with E-state index in [1.807, 2.05) is 37.3 Å². The fourth-order valence-electron chi connectivity index (χ4n) is 4.49. The third-order valence-electron chi connectivity index (χ3n) is 6.74. The highest BCUT2D eigenvalue weighted by atomic mass is 35.5. The molecule has 11 heteroatoms. The highest BCUT2D eigenvalue weighted by Gasteiger charge is 2.34. The van der Waals surface area contributed by atoms with Gasteiger partial charge >= 0.3 is 0 Å². The van der Waals surface area contributed by atoms with Gasteiger partial charge in [-0.25, -0.2) is 8.42 Å². The van der Waals surface area contributed by atoms with Crippen molar-refractivity contribution in [2.45, 2.75) is 39.3 Å². The molecule has 0 spiro atoms. The molecule has 0 fully saturated rings. The van der Waals surface area contributed by atoms with E-state index in [2.05, 4.69) is 5.32 Å². The summed E-state index contributed by atoms with van der Waals surface area (Å²) >= 11 is 6.48. The minimum absolute atomic E-state index is 0.0106. The lowest BCUT2D eigenvalue weighted by atomic mass is 10.0. The van der Waals surface area contributed by atoms with Gasteiger partial charge in [0.1, 0.15) is 12.6 Å². The number of benzene rings is 3. The number of amides is 2. The first-order valence-corrected chi connectivity index (χ1v) is 15.5. The van der Waals surface area contributed by atoms with E-state index in [0.717, 1.165) is 16.3 Å². The smallest absolute Gasteiger partial charge is 0.244 e. The molecule has 9 nitrogen and oxygen atoms in total. The number of rotatable bonds is 13. The van der Waals surface area contributed by atoms with Gasteiger partial charge in [-0.1, -0.05) is 67.1 Å². The van der Waals surface area contributed by atoms with Crippen molar-refractivity contribution < 1.29 is 27.5 Å². The number of nitrogens with zero attached hydrogens (tertiary/aromatic N) is 2. The van der Waals surface area contributed by atoms with Gasteiger partial charge in [-0.2, -0.15) is 0 Å². The standard InChI is InChI=1S/C30H34ClN3O6S/c1-3-16-32-30(36)26(17-22-10-6-5-7-11-22)33(19-23-12-8-9-13-25(23)31)29(35)20-34(41(37,38)4-2)24-14-15-27-28(18-24)40-21-39-27/h5-15,18,26H,3-4,16-17,19-21H2,1-2H3,(H,32,36)/t26-/m0/s1. The summed E-state index contributed by atoms with van der Waals surface area (Å²) in [5, 5.41) is 3.35. The summed E-state index contributed by atoms with van der Waals surface area (Å²) in [5.41, 5.74) is 1.75. The SMILES string of the molecule is CCCNC(=O)[C@H](Cc1ccccc1)N(Cc1ccccc1Cl)C(=O)CN(c1ccc2c(c1)OCO2)S(=O)(=O)CC. The Morgan fingerprint density at radius 2 is 1.68 bits per heavy atom. The minimum atomic E-state index is -3.90. The van der Waals surface area contributed by atoms with E-state index in [0.29, 0.717) is 28.6 Å². The van der Waals surface area contributed by atoms with E-state index in [9.17, 15) is 18.0 Å². The van der Waals surface area contributed by atoms with Crippen LogP contribution in [0.4, 0.5) is 5.69 Å². The van der Waals surface area contributed by atoms with Crippen LogP contribution < -0.4 is 19.1 Å². The molecule has 3 aromatic carbocycles. The molecule has 0 bridgehead atoms. The Morgan fingerprint density at radius 1 is 0.976 bits per heavy atom. The third-order valence-corrected chi connectivity index (χ3v) is 8.85. The molecule has 4 rings (SSSR count). The molecule has 1 N–H and O–H groups in total. The summed E-state index contributed by atoms with van der Waals surface area (Å²) in [6, 6.07) is 20.3. The van der Waals surface area contributed by atoms with Crippen LogP contribution >= 0.6 is 11.6 Å². The van der Waals surface area contributed by atoms with Crippen LogP contribution in [0.25, 0.3) is 0 Å². The zero-order valence-electron chi connectivity index (χ0n) is 23.1. The number of nitrogens with one attached hydrogen (secondary N) is 1. The number of carbonyl (C=O) groups is 2. The first kappa shape index (κ1) is 30.2. The monoisotopic (exact) mass is 599 g/mol. The predicted octanol–water partition coefficient (Wildman–Crippen LogP) is 4.39. The Morgan fingerprint density at radius 3 is 2.39 bits per heavy atom. The van der Waals surface area contributed by atoms with Gasteiger partial charge in [0.15, 0.2) is 11.5 Å². The van der Waals surface area contributed by atoms with Crippen molar-refractivity contribution >= 4 is 39.1 Å². The van der Waals surface area contributed by atoms with Gasteiger partial charge in [0.25, 0.3) is 0 Å². The average molecular weight is 600 g/mol. The Balaban J connectivity index is 1.74. The summed E-state index contributed by atoms with van der Waals surface area (Å²) in [5.74, 6) is -0.231. The van der Waals surface area contributed by atoms with Crippen molar-refractivity contribution in [2.75, 3.05) is 29.9 Å². The predicted molar refractivity (Wildman–Crippen MR) is 159 cm³/mol. The molecule has 0 aromatic heterocycles. The van der Waals surface area contributed by atoms with Gasteiger partial charge in [0.05, 0.1) is 11.4 Å². The normalized spacial score (nSPS) is 13.0. The van der Waals surface area contributed by atoms with Crippen LogP contribution in [0.1, 0.15) is 31.4 Å². The van der Waals surface area contributed by atoms with Gasteiger partial charge in [-0.15, -0.1) is 0 Å². The Kier molecular flexibility index (Phi) is 10.1. The quantitative estimate of drug-likeness (QED) is 0.312. The van der Waals surface area contributed by atoms with Gasteiger partial charge < -0.3 is 19.7 Å². The molecule has 0 aliphatic carbocycles. The van der Waals surface area contributed by atoms with Crippen LogP contribution in [0.5, 0.6) is 11.5 Å². The zero-order valence-corrected chi connectivity index (χ0v) is 24.7. The molecule has 1 aliphatic heterocycles. The summed E-state index contributed by atoms with van der Waals surface area (Å²) < 4.78 is 38.4. The lowest BCUT2D eigenvalue weighted by molar-refractivity contribution is -0.140. The summed E-state index contributed by atoms with van der Waals surface area (Å²) in [4.78, 5) is 29.2. The van der Waals surface area contributed by atoms with Crippen molar-refractivity contribution in [2.24, 2.45) is 0 Å². The van der Waals surface area contributed by atoms with Crippen molar-refractivity contribution in [1.82, 2.24) is 10.2 Å². The summed E-state index contributed by atoms with van der Waals surface area (Å²) in [6.07, 6.45) is 0.950. The van der Waals surface area contributed by atoms with Gasteiger partial charge in [-0.05, 0) is 42.7 Å². The highest BCUT2D eigenvalue weighted by molar-refractivity contribution is 7.92. The minimum Gasteiger partial charge on any atom is -0.454 e. The number of hydrogen-bond acceptors (Lipinski definition) is 6. The lowest BCUT2D eigenvalue weighted by Gasteiger charge is -2.34. The van der Waals surface area contributed by atoms with E-state index in [1.165, 1.54) is 17.9 Å². The summed E-state index contributed by atoms with van der Waals surface area (Å²) in [7, 11) is -3.90. The second-order valence-corrected chi connectivity index (χ2v) is 12.1. The largest absolute Gasteiger partial charge is 0.454 e. The molecule has 0 radical (unpaired) electrons. The fraction of sp³-hybridized carbons (Fsp3) is 0.333. The van der Waals surface area contributed by atoms with E-state index in [1.54, 1.807) is 36.4 Å². The van der Waals surface area contributed by atoms with Crippen molar-refractivity contribution in [3.05, 3.63) is 88.9 Å². The number of sulfonamides is 1. The van der Waals surface area contributed by atoms with E-state index >= 15 is 0 Å². The first-order chi connectivity index (χ1) is 19.7. The molecule has 0 unspecified atom stereocenters. The number of hydrogen-bond donors (Lipinski definition) is 1. The van der Waals surface area contributed by atoms with Crippen LogP contribution in [-0.4, -0.2) is 56.8 Å². The van der Waals surface area contributed by atoms with Crippen molar-refractivity contribution in [3.8, 4) is 11.5 Å². The molecular formula is C30H34ClN3O6S. The van der Waals surface area contributed by atoms with Crippen molar-refractivity contribution in [3.63, 3.8) is 0 Å². The van der Waals surface area contributed by atoms with Crippen LogP contribution in [0.2, 0.25) is 5.02 Å². The molecule has 1 aliphatic rings. The zero-order chi connectivity index (χ0) is 29.4. The maximum Gasteiger partial charge on any atom is 0.244 e. The molecular weight excluding hydrogens is 566 g/mol. The molecule has 1 atom stereocenters. The van der Waals surface area contributed by atoms with Gasteiger partial charge in [-0.3, -0.25) is 13.9 Å². The first-order valence-electron chi connectivity index (χ1n) is 13.5. The van der Waals surface area contributed by atoms with Gasteiger partial charge in [0, 0.05) is 30.6 Å². The third kappa shape index (κ3) is 7.51. The van der Waals surface area contributed by atoms with Crippen LogP contribution in [0.15, 0.2) is 72.8 Å². The molecule has 218 valence electrons. The molecule has 1 heterocycles. The van der Waals surface area contributed by atoms with Gasteiger partial charge in [0.2, 0.25) is 28.6 Å². The van der Waals surface area contributed by atoms with Crippen LogP contribution in [0.3, 0.4) is 0 Å². The molecule has 2 amide bonds. The van der Waals surface area contributed by atoms with Crippen LogP contribution in [-0.2, 0) is 32.6 Å². The molecule has 0 saturated heterocycles. The highest BCUT2D eigenvalue weighted by Crippen LogP contribution is 2.36. The molecule has 3 aromatic rings. The van der Waals surface area contributed by atoms with E-state index in [-0.39, 0.29) is 37.1 Å². The average Bonchev–Trinajstić information content (AvgIpc) is 3.45. The molecule has 0 saturated carbocycles. The number of anilines is 1. The van der Waals surface area contributed by atoms with E-state index in [4.69, 9.17) is 21.1 Å². The Bertz CT molecular complexity index is 1470. The number of halogens is 1. The second-order valence-electron chi connectivity index (χ2n) is 9.55.